The lowest BCUT2D eigenvalue weighted by Gasteiger charge is -2.10. The van der Waals surface area contributed by atoms with Crippen LogP contribution in [0.5, 0.6) is 5.75 Å². The van der Waals surface area contributed by atoms with Gasteiger partial charge in [0.2, 0.25) is 0 Å². The van der Waals surface area contributed by atoms with Gasteiger partial charge in [0, 0.05) is 12.3 Å². The lowest BCUT2D eigenvalue weighted by Crippen LogP contribution is -2.03. The fraction of sp³-hybridized carbons (Fsp3) is 0.533. The van der Waals surface area contributed by atoms with Crippen LogP contribution in [0.25, 0.3) is 0 Å². The Hall–Kier alpha value is -0.440. The average Bonchev–Trinajstić information content (AvgIpc) is 2.38. The average molecular weight is 338 g/mol. The highest BCUT2D eigenvalue weighted by molar-refractivity contribution is 6.40. The van der Waals surface area contributed by atoms with E-state index in [4.69, 9.17) is 39.5 Å². The number of carbonyl (C=O) groups excluding carboxylic acids is 1. The Morgan fingerprint density at radius 2 is 1.80 bits per heavy atom. The quantitative estimate of drug-likeness (QED) is 0.325. The number of carbonyl (C=O) groups is 1. The molecule has 1 aromatic carbocycles. The van der Waals surface area contributed by atoms with Gasteiger partial charge in [-0.15, -0.1) is 11.6 Å². The van der Waals surface area contributed by atoms with Crippen LogP contribution in [-0.2, 0) is 0 Å². The van der Waals surface area contributed by atoms with E-state index in [0.717, 1.165) is 12.8 Å². The van der Waals surface area contributed by atoms with Gasteiger partial charge in [0.15, 0.2) is 5.78 Å². The van der Waals surface area contributed by atoms with Crippen LogP contribution in [0.4, 0.5) is 0 Å². The van der Waals surface area contributed by atoms with Crippen molar-refractivity contribution < 1.29 is 9.53 Å². The normalized spacial score (nSPS) is 10.6. The fourth-order valence-corrected chi connectivity index (χ4v) is 2.68. The van der Waals surface area contributed by atoms with Crippen LogP contribution in [0.3, 0.4) is 0 Å². The SMILES string of the molecule is CCCCCCOc1cc(Cl)c(C(=O)CCCl)c(Cl)c1. The molecule has 0 heterocycles. The molecular formula is C15H19Cl3O2. The Balaban J connectivity index is 2.66. The summed E-state index contributed by atoms with van der Waals surface area (Å²) in [5.74, 6) is 0.699. The van der Waals surface area contributed by atoms with Crippen LogP contribution in [0.1, 0.15) is 49.4 Å². The van der Waals surface area contributed by atoms with Crippen LogP contribution in [0.15, 0.2) is 12.1 Å². The molecule has 112 valence electrons. The van der Waals surface area contributed by atoms with E-state index in [1.54, 1.807) is 12.1 Å². The van der Waals surface area contributed by atoms with Crippen molar-refractivity contribution in [3.8, 4) is 5.75 Å². The van der Waals surface area contributed by atoms with Crippen molar-refractivity contribution in [1.82, 2.24) is 0 Å². The van der Waals surface area contributed by atoms with Crippen LogP contribution in [0, 0.1) is 0 Å². The first-order valence-corrected chi connectivity index (χ1v) is 8.10. The second-order valence-corrected chi connectivity index (χ2v) is 5.73. The summed E-state index contributed by atoms with van der Waals surface area (Å²) < 4.78 is 5.60. The van der Waals surface area contributed by atoms with Crippen molar-refractivity contribution in [1.29, 1.82) is 0 Å². The second kappa shape index (κ2) is 9.49. The van der Waals surface area contributed by atoms with Gasteiger partial charge in [0.1, 0.15) is 5.75 Å². The minimum atomic E-state index is -0.149. The minimum absolute atomic E-state index is 0.149. The molecule has 0 radical (unpaired) electrons. The van der Waals surface area contributed by atoms with Gasteiger partial charge >= 0.3 is 0 Å². The second-order valence-electron chi connectivity index (χ2n) is 4.53. The van der Waals surface area contributed by atoms with Crippen LogP contribution < -0.4 is 4.74 Å². The lowest BCUT2D eigenvalue weighted by atomic mass is 10.1. The highest BCUT2D eigenvalue weighted by Gasteiger charge is 2.16. The number of benzene rings is 1. The summed E-state index contributed by atoms with van der Waals surface area (Å²) in [6, 6.07) is 3.27. The molecule has 0 aromatic heterocycles. The predicted octanol–water partition coefficient (Wildman–Crippen LogP) is 5.76. The molecule has 0 aliphatic heterocycles. The Morgan fingerprint density at radius 3 is 2.35 bits per heavy atom. The van der Waals surface area contributed by atoms with E-state index in [9.17, 15) is 4.79 Å². The summed E-state index contributed by atoms with van der Waals surface area (Å²) >= 11 is 17.8. The van der Waals surface area contributed by atoms with Crippen LogP contribution >= 0.6 is 34.8 Å². The molecule has 0 bridgehead atoms. The maximum absolute atomic E-state index is 11.8. The van der Waals surface area contributed by atoms with Crippen LogP contribution in [-0.4, -0.2) is 18.3 Å². The molecule has 20 heavy (non-hydrogen) atoms. The third-order valence-electron chi connectivity index (χ3n) is 2.88. The van der Waals surface area contributed by atoms with Crippen molar-refractivity contribution in [2.24, 2.45) is 0 Å². The fourth-order valence-electron chi connectivity index (χ4n) is 1.83. The molecule has 0 aliphatic carbocycles. The molecule has 1 rings (SSSR count). The Bertz CT molecular complexity index is 424. The first-order valence-electron chi connectivity index (χ1n) is 6.81. The monoisotopic (exact) mass is 336 g/mol. The number of ketones is 1. The van der Waals surface area contributed by atoms with E-state index in [1.807, 2.05) is 0 Å². The smallest absolute Gasteiger partial charge is 0.167 e. The van der Waals surface area contributed by atoms with Crippen LogP contribution in [0.2, 0.25) is 10.0 Å². The van der Waals surface area contributed by atoms with Gasteiger partial charge in [-0.3, -0.25) is 4.79 Å². The van der Waals surface area contributed by atoms with E-state index in [0.29, 0.717) is 28.0 Å². The zero-order valence-corrected chi connectivity index (χ0v) is 13.8. The number of hydrogen-bond donors (Lipinski definition) is 0. The first kappa shape index (κ1) is 17.6. The summed E-state index contributed by atoms with van der Waals surface area (Å²) in [5, 5.41) is 0.632. The largest absolute Gasteiger partial charge is 0.493 e. The van der Waals surface area contributed by atoms with Gasteiger partial charge < -0.3 is 4.74 Å². The van der Waals surface area contributed by atoms with Crippen molar-refractivity contribution in [2.75, 3.05) is 12.5 Å². The molecule has 0 saturated carbocycles. The molecular weight excluding hydrogens is 319 g/mol. The van der Waals surface area contributed by atoms with E-state index in [1.165, 1.54) is 12.8 Å². The van der Waals surface area contributed by atoms with Crippen molar-refractivity contribution in [3.63, 3.8) is 0 Å². The van der Waals surface area contributed by atoms with Crippen molar-refractivity contribution in [2.45, 2.75) is 39.0 Å². The van der Waals surface area contributed by atoms with Crippen molar-refractivity contribution in [3.05, 3.63) is 27.7 Å². The summed E-state index contributed by atoms with van der Waals surface area (Å²) in [6.07, 6.45) is 4.75. The molecule has 2 nitrogen and oxygen atoms in total. The van der Waals surface area contributed by atoms with Gasteiger partial charge in [-0.1, -0.05) is 49.4 Å². The number of hydrogen-bond acceptors (Lipinski definition) is 2. The molecule has 0 N–H and O–H groups in total. The predicted molar refractivity (Wildman–Crippen MR) is 85.8 cm³/mol. The molecule has 1 aromatic rings. The van der Waals surface area contributed by atoms with Gasteiger partial charge in [-0.25, -0.2) is 0 Å². The molecule has 0 atom stereocenters. The van der Waals surface area contributed by atoms with E-state index >= 15 is 0 Å². The number of ether oxygens (including phenoxy) is 1. The third kappa shape index (κ3) is 5.51. The topological polar surface area (TPSA) is 26.3 Å². The Kier molecular flexibility index (Phi) is 8.35. The molecule has 5 heteroatoms. The maximum Gasteiger partial charge on any atom is 0.167 e. The highest BCUT2D eigenvalue weighted by atomic mass is 35.5. The first-order chi connectivity index (χ1) is 9.60. The van der Waals surface area contributed by atoms with Gasteiger partial charge in [-0.2, -0.15) is 0 Å². The minimum Gasteiger partial charge on any atom is -0.493 e. The summed E-state index contributed by atoms with van der Waals surface area (Å²) in [7, 11) is 0. The molecule has 0 saturated heterocycles. The van der Waals surface area contributed by atoms with Gasteiger partial charge in [0.25, 0.3) is 0 Å². The number of alkyl halides is 1. The molecule has 0 spiro atoms. The standard InChI is InChI=1S/C15H19Cl3O2/c1-2-3-4-5-8-20-11-9-12(17)15(13(18)10-11)14(19)6-7-16/h9-10H,2-8H2,1H3. The zero-order valence-electron chi connectivity index (χ0n) is 11.6. The van der Waals surface area contributed by atoms with E-state index in [2.05, 4.69) is 6.92 Å². The highest BCUT2D eigenvalue weighted by Crippen LogP contribution is 2.31. The zero-order chi connectivity index (χ0) is 15.0. The Morgan fingerprint density at radius 1 is 1.15 bits per heavy atom. The number of halogens is 3. The van der Waals surface area contributed by atoms with Gasteiger partial charge in [0.05, 0.1) is 22.2 Å². The van der Waals surface area contributed by atoms with E-state index in [-0.39, 0.29) is 18.1 Å². The molecule has 0 aliphatic rings. The molecule has 0 fully saturated rings. The maximum atomic E-state index is 11.8. The number of rotatable bonds is 9. The number of Topliss-reactive ketones (excluding diaryl/α,β-unsaturated/α-hetero) is 1. The summed E-state index contributed by atoms with van der Waals surface area (Å²) in [5.41, 5.74) is 0.326. The number of unbranched alkanes of at least 4 members (excludes halogenated alkanes) is 3. The third-order valence-corrected chi connectivity index (χ3v) is 3.67. The molecule has 0 unspecified atom stereocenters. The summed E-state index contributed by atoms with van der Waals surface area (Å²) in [6.45, 7) is 2.79. The van der Waals surface area contributed by atoms with Gasteiger partial charge in [-0.05, 0) is 18.6 Å². The Labute approximate surface area is 135 Å². The molecule has 0 amide bonds. The van der Waals surface area contributed by atoms with E-state index < -0.39 is 0 Å². The summed E-state index contributed by atoms with van der Waals surface area (Å²) in [4.78, 5) is 11.8. The lowest BCUT2D eigenvalue weighted by molar-refractivity contribution is 0.0989. The van der Waals surface area contributed by atoms with Crippen molar-refractivity contribution >= 4 is 40.6 Å².